The van der Waals surface area contributed by atoms with Crippen LogP contribution in [0.15, 0.2) is 78.1 Å². The molecule has 21 heavy (non-hydrogen) atoms. The van der Waals surface area contributed by atoms with E-state index in [1.165, 1.54) is 0 Å². The van der Waals surface area contributed by atoms with E-state index >= 15 is 0 Å². The van der Waals surface area contributed by atoms with Crippen molar-refractivity contribution >= 4 is 11.4 Å². The molecule has 1 aliphatic heterocycles. The summed E-state index contributed by atoms with van der Waals surface area (Å²) in [6, 6.07) is 20.4. The van der Waals surface area contributed by atoms with Gasteiger partial charge in [-0.1, -0.05) is 55.1 Å². The average Bonchev–Trinajstić information content (AvgIpc) is 3.01. The fraction of sp³-hybridized carbons (Fsp3) is 0.167. The smallest absolute Gasteiger partial charge is 0.115 e. The molecule has 0 fully saturated rings. The van der Waals surface area contributed by atoms with Gasteiger partial charge in [-0.2, -0.15) is 5.10 Å². The number of benzene rings is 2. The first-order valence-electron chi connectivity index (χ1n) is 6.99. The Balaban J connectivity index is 1.97. The highest BCUT2D eigenvalue weighted by atomic mass is 16.5. The molecule has 0 bridgehead atoms. The van der Waals surface area contributed by atoms with Crippen LogP contribution < -0.4 is 5.01 Å². The summed E-state index contributed by atoms with van der Waals surface area (Å²) in [6.07, 6.45) is 0.797. The molecule has 1 atom stereocenters. The van der Waals surface area contributed by atoms with Gasteiger partial charge in [0.05, 0.1) is 18.5 Å². The highest BCUT2D eigenvalue weighted by Crippen LogP contribution is 2.30. The molecule has 106 valence electrons. The van der Waals surface area contributed by atoms with Gasteiger partial charge in [-0.15, -0.1) is 0 Å². The molecular formula is C18H18N2O. The average molecular weight is 278 g/mol. The number of nitrogens with zero attached hydrogens (tertiary/aromatic N) is 2. The molecule has 0 radical (unpaired) electrons. The first-order chi connectivity index (χ1) is 10.3. The van der Waals surface area contributed by atoms with E-state index in [1.54, 1.807) is 7.11 Å². The molecule has 0 unspecified atom stereocenters. The predicted molar refractivity (Wildman–Crippen MR) is 86.5 cm³/mol. The van der Waals surface area contributed by atoms with Crippen molar-refractivity contribution in [1.29, 1.82) is 0 Å². The lowest BCUT2D eigenvalue weighted by atomic mass is 10.0. The second-order valence-electron chi connectivity index (χ2n) is 4.98. The fourth-order valence-electron chi connectivity index (χ4n) is 2.52. The first-order valence-corrected chi connectivity index (χ1v) is 6.99. The van der Waals surface area contributed by atoms with Crippen molar-refractivity contribution in [2.45, 2.75) is 12.5 Å². The van der Waals surface area contributed by atoms with Crippen molar-refractivity contribution < 1.29 is 4.74 Å². The van der Waals surface area contributed by atoms with Crippen molar-refractivity contribution in [1.82, 2.24) is 0 Å². The third-order valence-corrected chi connectivity index (χ3v) is 3.67. The van der Waals surface area contributed by atoms with Gasteiger partial charge in [0.2, 0.25) is 0 Å². The number of hydrazone groups is 1. The van der Waals surface area contributed by atoms with Crippen LogP contribution in [0, 0.1) is 0 Å². The highest BCUT2D eigenvalue weighted by molar-refractivity contribution is 6.03. The summed E-state index contributed by atoms with van der Waals surface area (Å²) in [5.41, 5.74) is 3.25. The van der Waals surface area contributed by atoms with Gasteiger partial charge in [-0.3, -0.25) is 5.01 Å². The summed E-state index contributed by atoms with van der Waals surface area (Å²) in [6.45, 7) is 4.02. The maximum atomic E-state index is 5.36. The molecule has 3 nitrogen and oxygen atoms in total. The van der Waals surface area contributed by atoms with E-state index in [0.717, 1.165) is 29.1 Å². The molecule has 0 amide bonds. The predicted octanol–water partition coefficient (Wildman–Crippen LogP) is 3.83. The minimum absolute atomic E-state index is 0.0348. The lowest BCUT2D eigenvalue weighted by Gasteiger charge is -2.24. The summed E-state index contributed by atoms with van der Waals surface area (Å²) in [5.74, 6) is 0.730. The third-order valence-electron chi connectivity index (χ3n) is 3.67. The van der Waals surface area contributed by atoms with Crippen LogP contribution in [0.25, 0.3) is 0 Å². The second-order valence-corrected chi connectivity index (χ2v) is 4.98. The number of hydrogen-bond donors (Lipinski definition) is 0. The Labute approximate surface area is 125 Å². The summed E-state index contributed by atoms with van der Waals surface area (Å²) in [5, 5.41) is 6.78. The van der Waals surface area contributed by atoms with Gasteiger partial charge in [0.15, 0.2) is 0 Å². The molecule has 0 saturated heterocycles. The van der Waals surface area contributed by atoms with Crippen LogP contribution in [-0.2, 0) is 4.74 Å². The molecule has 0 aliphatic carbocycles. The quantitative estimate of drug-likeness (QED) is 0.794. The lowest BCUT2D eigenvalue weighted by Crippen LogP contribution is -2.28. The summed E-state index contributed by atoms with van der Waals surface area (Å²) in [4.78, 5) is 0. The van der Waals surface area contributed by atoms with E-state index in [4.69, 9.17) is 9.84 Å². The van der Waals surface area contributed by atoms with Crippen molar-refractivity contribution in [2.24, 2.45) is 5.10 Å². The number of ether oxygens (including phenoxy) is 1. The Kier molecular flexibility index (Phi) is 3.73. The van der Waals surface area contributed by atoms with Crippen LogP contribution in [-0.4, -0.2) is 18.9 Å². The van der Waals surface area contributed by atoms with Crippen molar-refractivity contribution in [3.8, 4) is 0 Å². The minimum Gasteiger partial charge on any atom is -0.499 e. The van der Waals surface area contributed by atoms with Crippen molar-refractivity contribution in [3.05, 3.63) is 78.6 Å². The van der Waals surface area contributed by atoms with Gasteiger partial charge >= 0.3 is 0 Å². The van der Waals surface area contributed by atoms with Crippen molar-refractivity contribution in [3.63, 3.8) is 0 Å². The number of anilines is 1. The molecule has 0 N–H and O–H groups in total. The van der Waals surface area contributed by atoms with Gasteiger partial charge in [-0.05, 0) is 17.7 Å². The number of para-hydroxylation sites is 1. The van der Waals surface area contributed by atoms with Gasteiger partial charge in [0.1, 0.15) is 11.8 Å². The van der Waals surface area contributed by atoms with E-state index in [1.807, 2.05) is 53.5 Å². The zero-order chi connectivity index (χ0) is 14.7. The van der Waals surface area contributed by atoms with Gasteiger partial charge in [0, 0.05) is 6.42 Å². The Morgan fingerprint density at radius 3 is 2.33 bits per heavy atom. The molecule has 0 aromatic heterocycles. The molecule has 1 aliphatic rings. The molecule has 0 spiro atoms. The summed E-state index contributed by atoms with van der Waals surface area (Å²) in [7, 11) is 1.66. The van der Waals surface area contributed by atoms with Crippen LogP contribution in [0.3, 0.4) is 0 Å². The standard InChI is InChI=1S/C18H18N2O/c1-14(21-2)18-13-17(15-9-5-3-6-10-15)19-20(18)16-11-7-4-8-12-16/h3-12,18H,1,13H2,2H3/t18-/m1/s1. The van der Waals surface area contributed by atoms with Crippen LogP contribution in [0.1, 0.15) is 12.0 Å². The summed E-state index contributed by atoms with van der Waals surface area (Å²) < 4.78 is 5.36. The number of methoxy groups -OCH3 is 1. The Bertz CT molecular complexity index is 649. The van der Waals surface area contributed by atoms with Crippen LogP contribution in [0.5, 0.6) is 0 Å². The minimum atomic E-state index is 0.0348. The molecule has 1 heterocycles. The molecule has 0 saturated carbocycles. The largest absolute Gasteiger partial charge is 0.499 e. The Morgan fingerprint density at radius 2 is 1.71 bits per heavy atom. The molecular weight excluding hydrogens is 260 g/mol. The van der Waals surface area contributed by atoms with Crippen LogP contribution in [0.2, 0.25) is 0 Å². The van der Waals surface area contributed by atoms with Gasteiger partial charge in [-0.25, -0.2) is 0 Å². The van der Waals surface area contributed by atoms with Gasteiger partial charge < -0.3 is 4.74 Å². The maximum Gasteiger partial charge on any atom is 0.115 e. The number of rotatable bonds is 4. The monoisotopic (exact) mass is 278 g/mol. The van der Waals surface area contributed by atoms with Gasteiger partial charge in [0.25, 0.3) is 0 Å². The SMILES string of the molecule is C=C(OC)[C@H]1CC(c2ccccc2)=NN1c1ccccc1. The lowest BCUT2D eigenvalue weighted by molar-refractivity contribution is 0.267. The van der Waals surface area contributed by atoms with Crippen LogP contribution >= 0.6 is 0 Å². The summed E-state index contributed by atoms with van der Waals surface area (Å²) >= 11 is 0. The zero-order valence-corrected chi connectivity index (χ0v) is 12.1. The van der Waals surface area contributed by atoms with E-state index in [0.29, 0.717) is 0 Å². The Hall–Kier alpha value is -2.55. The zero-order valence-electron chi connectivity index (χ0n) is 12.1. The normalized spacial score (nSPS) is 17.5. The molecule has 2 aromatic rings. The Morgan fingerprint density at radius 1 is 1.10 bits per heavy atom. The highest BCUT2D eigenvalue weighted by Gasteiger charge is 2.31. The van der Waals surface area contributed by atoms with Crippen molar-refractivity contribution in [2.75, 3.05) is 12.1 Å². The first kappa shape index (κ1) is 13.4. The van der Waals surface area contributed by atoms with E-state index in [-0.39, 0.29) is 6.04 Å². The van der Waals surface area contributed by atoms with E-state index < -0.39 is 0 Å². The van der Waals surface area contributed by atoms with E-state index in [2.05, 4.69) is 18.7 Å². The number of hydrogen-bond acceptors (Lipinski definition) is 3. The maximum absolute atomic E-state index is 5.36. The second kappa shape index (κ2) is 5.83. The molecule has 3 heteroatoms. The molecule has 3 rings (SSSR count). The topological polar surface area (TPSA) is 24.8 Å². The molecule has 2 aromatic carbocycles. The van der Waals surface area contributed by atoms with Crippen LogP contribution in [0.4, 0.5) is 5.69 Å². The van der Waals surface area contributed by atoms with E-state index in [9.17, 15) is 0 Å². The third kappa shape index (κ3) is 2.68. The fourth-order valence-corrected chi connectivity index (χ4v) is 2.52.